The molecule has 0 spiro atoms. The number of hydrogen-bond acceptors (Lipinski definition) is 4. The van der Waals surface area contributed by atoms with Crippen molar-refractivity contribution < 1.29 is 17.9 Å². The molecule has 0 aromatic heterocycles. The SMILES string of the molecule is COCCC1CCCCC(c2ccc(CC3C(C)(C)OC(C)=NS3(=O)=O)cc2)CC1. The molecule has 1 fully saturated rings. The van der Waals surface area contributed by atoms with Gasteiger partial charge in [0, 0.05) is 20.6 Å². The minimum Gasteiger partial charge on any atom is -0.473 e. The highest BCUT2D eigenvalue weighted by molar-refractivity contribution is 7.91. The summed E-state index contributed by atoms with van der Waals surface area (Å²) in [6, 6.07) is 8.58. The van der Waals surface area contributed by atoms with Crippen molar-refractivity contribution in [2.75, 3.05) is 13.7 Å². The third-order valence-corrected chi connectivity index (χ3v) is 8.71. The molecular formula is C24H37NO4S. The molecule has 30 heavy (non-hydrogen) atoms. The lowest BCUT2D eigenvalue weighted by molar-refractivity contribution is 0.0839. The third-order valence-electron chi connectivity index (χ3n) is 6.74. The van der Waals surface area contributed by atoms with E-state index in [2.05, 4.69) is 28.7 Å². The molecule has 1 aliphatic heterocycles. The fourth-order valence-electron chi connectivity index (χ4n) is 5.01. The molecule has 2 aliphatic rings. The Morgan fingerprint density at radius 2 is 1.80 bits per heavy atom. The van der Waals surface area contributed by atoms with Crippen LogP contribution in [0.5, 0.6) is 0 Å². The van der Waals surface area contributed by atoms with Crippen LogP contribution in [-0.4, -0.2) is 38.9 Å². The zero-order valence-electron chi connectivity index (χ0n) is 18.9. The Labute approximate surface area is 182 Å². The number of hydrogen-bond donors (Lipinski definition) is 0. The van der Waals surface area contributed by atoms with Crippen LogP contribution in [0.1, 0.15) is 82.8 Å². The van der Waals surface area contributed by atoms with Crippen molar-refractivity contribution in [2.24, 2.45) is 10.3 Å². The Hall–Kier alpha value is -1.40. The Balaban J connectivity index is 1.67. The van der Waals surface area contributed by atoms with Crippen LogP contribution in [0.4, 0.5) is 0 Å². The second-order valence-corrected chi connectivity index (χ2v) is 11.3. The first-order valence-corrected chi connectivity index (χ1v) is 12.8. The number of benzene rings is 1. The third kappa shape index (κ3) is 5.85. The van der Waals surface area contributed by atoms with Crippen molar-refractivity contribution in [3.63, 3.8) is 0 Å². The van der Waals surface area contributed by atoms with Crippen molar-refractivity contribution in [3.8, 4) is 0 Å². The van der Waals surface area contributed by atoms with E-state index in [9.17, 15) is 8.42 Å². The van der Waals surface area contributed by atoms with E-state index >= 15 is 0 Å². The monoisotopic (exact) mass is 435 g/mol. The molecule has 1 aromatic carbocycles. The molecule has 5 nitrogen and oxygen atoms in total. The zero-order valence-corrected chi connectivity index (χ0v) is 19.7. The summed E-state index contributed by atoms with van der Waals surface area (Å²) >= 11 is 0. The lowest BCUT2D eigenvalue weighted by Gasteiger charge is -2.36. The number of methoxy groups -OCH3 is 1. The topological polar surface area (TPSA) is 65.0 Å². The van der Waals surface area contributed by atoms with Gasteiger partial charge in [-0.25, -0.2) is 8.42 Å². The van der Waals surface area contributed by atoms with Gasteiger partial charge in [-0.3, -0.25) is 0 Å². The maximum absolute atomic E-state index is 12.6. The largest absolute Gasteiger partial charge is 0.473 e. The minimum atomic E-state index is -3.58. The summed E-state index contributed by atoms with van der Waals surface area (Å²) in [6.45, 7) is 6.11. The molecule has 1 saturated carbocycles. The normalized spacial score (nSPS) is 28.7. The van der Waals surface area contributed by atoms with Gasteiger partial charge in [-0.15, -0.1) is 4.40 Å². The van der Waals surface area contributed by atoms with Gasteiger partial charge in [0.05, 0.1) is 0 Å². The van der Waals surface area contributed by atoms with Crippen LogP contribution in [0.25, 0.3) is 0 Å². The lowest BCUT2D eigenvalue weighted by Crippen LogP contribution is -2.49. The van der Waals surface area contributed by atoms with Gasteiger partial charge < -0.3 is 9.47 Å². The maximum Gasteiger partial charge on any atom is 0.263 e. The second-order valence-electron chi connectivity index (χ2n) is 9.47. The molecule has 1 aliphatic carbocycles. The molecule has 3 unspecified atom stereocenters. The molecule has 0 bridgehead atoms. The highest BCUT2D eigenvalue weighted by Gasteiger charge is 2.45. The molecule has 3 rings (SSSR count). The van der Waals surface area contributed by atoms with E-state index < -0.39 is 20.9 Å². The number of rotatable bonds is 6. The average molecular weight is 436 g/mol. The van der Waals surface area contributed by atoms with Gasteiger partial charge in [-0.2, -0.15) is 0 Å². The summed E-state index contributed by atoms with van der Waals surface area (Å²) in [5, 5.41) is -0.678. The fraction of sp³-hybridized carbons (Fsp3) is 0.708. The highest BCUT2D eigenvalue weighted by atomic mass is 32.2. The molecule has 0 saturated heterocycles. The summed E-state index contributed by atoms with van der Waals surface area (Å²) in [6.07, 6.45) is 9.20. The van der Waals surface area contributed by atoms with Gasteiger partial charge in [0.1, 0.15) is 10.9 Å². The molecule has 168 valence electrons. The van der Waals surface area contributed by atoms with Crippen molar-refractivity contribution >= 4 is 15.9 Å². The first kappa shape index (κ1) is 23.3. The standard InChI is InChI=1S/C24H37NO4S/c1-18-25-30(26,27)23(24(2,3)29-18)17-20-10-13-22(14-11-20)21-8-6-5-7-19(9-12-21)15-16-28-4/h10-11,13-14,19,21,23H,5-9,12,15-17H2,1-4H3. The van der Waals surface area contributed by atoms with Crippen LogP contribution in [0.15, 0.2) is 28.7 Å². The summed E-state index contributed by atoms with van der Waals surface area (Å²) in [7, 11) is -1.79. The second kappa shape index (κ2) is 9.82. The molecular weight excluding hydrogens is 398 g/mol. The van der Waals surface area contributed by atoms with Gasteiger partial charge in [-0.05, 0) is 68.9 Å². The van der Waals surface area contributed by atoms with Gasteiger partial charge in [-0.1, -0.05) is 43.5 Å². The van der Waals surface area contributed by atoms with Crippen LogP contribution in [0.2, 0.25) is 0 Å². The molecule has 0 N–H and O–H groups in total. The van der Waals surface area contributed by atoms with E-state index in [0.29, 0.717) is 12.3 Å². The predicted molar refractivity (Wildman–Crippen MR) is 122 cm³/mol. The minimum absolute atomic E-state index is 0.222. The predicted octanol–water partition coefficient (Wildman–Crippen LogP) is 5.25. The average Bonchev–Trinajstić information content (AvgIpc) is 2.64. The smallest absolute Gasteiger partial charge is 0.263 e. The number of sulfonamides is 1. The van der Waals surface area contributed by atoms with Crippen LogP contribution >= 0.6 is 0 Å². The van der Waals surface area contributed by atoms with Crippen molar-refractivity contribution in [1.29, 1.82) is 0 Å². The van der Waals surface area contributed by atoms with Crippen LogP contribution in [0, 0.1) is 5.92 Å². The molecule has 0 radical (unpaired) electrons. The summed E-state index contributed by atoms with van der Waals surface area (Å²) in [5.41, 5.74) is 1.60. The quantitative estimate of drug-likeness (QED) is 0.612. The Bertz CT molecular complexity index is 827. The van der Waals surface area contributed by atoms with E-state index in [1.807, 2.05) is 13.8 Å². The first-order chi connectivity index (χ1) is 14.2. The molecule has 6 heteroatoms. The fourth-order valence-corrected chi connectivity index (χ4v) is 6.70. The summed E-state index contributed by atoms with van der Waals surface area (Å²) in [4.78, 5) is 0. The van der Waals surface area contributed by atoms with Gasteiger partial charge in [0.25, 0.3) is 10.0 Å². The lowest BCUT2D eigenvalue weighted by atomic mass is 9.81. The van der Waals surface area contributed by atoms with Crippen molar-refractivity contribution in [3.05, 3.63) is 35.4 Å². The molecule has 3 atom stereocenters. The Morgan fingerprint density at radius 3 is 2.47 bits per heavy atom. The van der Waals surface area contributed by atoms with Crippen LogP contribution in [-0.2, 0) is 25.9 Å². The maximum atomic E-state index is 12.6. The molecule has 0 amide bonds. The van der Waals surface area contributed by atoms with E-state index in [1.165, 1.54) is 44.1 Å². The number of nitrogens with zero attached hydrogens (tertiary/aromatic N) is 1. The Kier molecular flexibility index (Phi) is 7.61. The Morgan fingerprint density at radius 1 is 1.10 bits per heavy atom. The molecule has 1 aromatic rings. The molecule has 1 heterocycles. The van der Waals surface area contributed by atoms with Crippen molar-refractivity contribution in [2.45, 2.75) is 88.9 Å². The van der Waals surface area contributed by atoms with Gasteiger partial charge in [0.2, 0.25) is 0 Å². The van der Waals surface area contributed by atoms with E-state index in [1.54, 1.807) is 14.0 Å². The van der Waals surface area contributed by atoms with E-state index in [0.717, 1.165) is 24.5 Å². The van der Waals surface area contributed by atoms with E-state index in [4.69, 9.17) is 9.47 Å². The van der Waals surface area contributed by atoms with Crippen LogP contribution in [0.3, 0.4) is 0 Å². The summed E-state index contributed by atoms with van der Waals surface area (Å²) in [5.74, 6) is 1.59. The summed E-state index contributed by atoms with van der Waals surface area (Å²) < 4.78 is 40.1. The van der Waals surface area contributed by atoms with Gasteiger partial charge in [0.15, 0.2) is 5.90 Å². The number of ether oxygens (including phenoxy) is 2. The highest BCUT2D eigenvalue weighted by Crippen LogP contribution is 2.35. The van der Waals surface area contributed by atoms with E-state index in [-0.39, 0.29) is 5.90 Å². The van der Waals surface area contributed by atoms with Crippen LogP contribution < -0.4 is 0 Å². The van der Waals surface area contributed by atoms with Gasteiger partial charge >= 0.3 is 0 Å². The van der Waals surface area contributed by atoms with Crippen molar-refractivity contribution in [1.82, 2.24) is 0 Å². The zero-order chi connectivity index (χ0) is 21.8. The first-order valence-electron chi connectivity index (χ1n) is 11.3.